The molecule has 23 heavy (non-hydrogen) atoms. The molecule has 0 aliphatic carbocycles. The predicted octanol–water partition coefficient (Wildman–Crippen LogP) is 2.87. The van der Waals surface area contributed by atoms with Gasteiger partial charge in [-0.25, -0.2) is 13.1 Å². The molecule has 0 unspecified atom stereocenters. The van der Waals surface area contributed by atoms with Gasteiger partial charge in [-0.3, -0.25) is 4.79 Å². The van der Waals surface area contributed by atoms with Crippen molar-refractivity contribution in [2.45, 2.75) is 18.7 Å². The van der Waals surface area contributed by atoms with Crippen LogP contribution in [-0.4, -0.2) is 20.9 Å². The molecular formula is C16H17ClN2O3S. The Hall–Kier alpha value is -1.89. The number of rotatable bonds is 5. The van der Waals surface area contributed by atoms with Gasteiger partial charge >= 0.3 is 0 Å². The molecule has 0 radical (unpaired) electrons. The zero-order valence-corrected chi connectivity index (χ0v) is 14.3. The van der Waals surface area contributed by atoms with Gasteiger partial charge in [-0.15, -0.1) is 0 Å². The molecule has 0 aromatic heterocycles. The lowest BCUT2D eigenvalue weighted by atomic mass is 10.2. The molecule has 0 saturated carbocycles. The van der Waals surface area contributed by atoms with Crippen LogP contribution in [0.4, 0.5) is 5.69 Å². The molecule has 7 heteroatoms. The van der Waals surface area contributed by atoms with Crippen molar-refractivity contribution in [2.24, 2.45) is 0 Å². The standard InChI is InChI=1S/C16H17ClN2O3S/c1-11-3-7-14(8-4-11)23(21,22)18-10-16(20)19-13-6-5-12(2)15(17)9-13/h3-9,18H,10H2,1-2H3,(H,19,20). The Bertz CT molecular complexity index is 818. The summed E-state index contributed by atoms with van der Waals surface area (Å²) >= 11 is 5.98. The topological polar surface area (TPSA) is 75.3 Å². The average Bonchev–Trinajstić information content (AvgIpc) is 2.50. The Kier molecular flexibility index (Phi) is 5.41. The third-order valence-corrected chi connectivity index (χ3v) is 5.03. The summed E-state index contributed by atoms with van der Waals surface area (Å²) in [4.78, 5) is 12.0. The number of benzene rings is 2. The highest BCUT2D eigenvalue weighted by Gasteiger charge is 2.15. The summed E-state index contributed by atoms with van der Waals surface area (Å²) < 4.78 is 26.4. The molecule has 2 rings (SSSR count). The van der Waals surface area contributed by atoms with Crippen LogP contribution in [0, 0.1) is 13.8 Å². The van der Waals surface area contributed by atoms with Gasteiger partial charge in [0.25, 0.3) is 0 Å². The minimum atomic E-state index is -3.72. The highest BCUT2D eigenvalue weighted by molar-refractivity contribution is 7.89. The molecular weight excluding hydrogens is 336 g/mol. The highest BCUT2D eigenvalue weighted by atomic mass is 35.5. The van der Waals surface area contributed by atoms with E-state index < -0.39 is 15.9 Å². The van der Waals surface area contributed by atoms with Crippen molar-refractivity contribution in [3.05, 3.63) is 58.6 Å². The number of amides is 1. The summed E-state index contributed by atoms with van der Waals surface area (Å²) in [6, 6.07) is 11.5. The van der Waals surface area contributed by atoms with Crippen molar-refractivity contribution >= 4 is 33.2 Å². The molecule has 0 bridgehead atoms. The second kappa shape index (κ2) is 7.12. The molecule has 122 valence electrons. The third-order valence-electron chi connectivity index (χ3n) is 3.21. The number of halogens is 1. The summed E-state index contributed by atoms with van der Waals surface area (Å²) in [6.45, 7) is 3.36. The lowest BCUT2D eigenvalue weighted by molar-refractivity contribution is -0.115. The molecule has 0 aliphatic heterocycles. The molecule has 0 spiro atoms. The Balaban J connectivity index is 1.98. The van der Waals surface area contributed by atoms with Crippen molar-refractivity contribution in [1.82, 2.24) is 4.72 Å². The second-order valence-electron chi connectivity index (χ2n) is 5.15. The summed E-state index contributed by atoms with van der Waals surface area (Å²) in [5.74, 6) is -0.472. The van der Waals surface area contributed by atoms with E-state index in [1.165, 1.54) is 12.1 Å². The van der Waals surface area contributed by atoms with Gasteiger partial charge in [-0.05, 0) is 43.7 Å². The van der Waals surface area contributed by atoms with Crippen LogP contribution in [0.15, 0.2) is 47.4 Å². The van der Waals surface area contributed by atoms with Gasteiger partial charge in [0.2, 0.25) is 15.9 Å². The maximum atomic E-state index is 12.1. The third kappa shape index (κ3) is 4.79. The van der Waals surface area contributed by atoms with Gasteiger partial charge in [0.15, 0.2) is 0 Å². The van der Waals surface area contributed by atoms with Gasteiger partial charge in [0.1, 0.15) is 0 Å². The molecule has 1 amide bonds. The number of carbonyl (C=O) groups is 1. The normalized spacial score (nSPS) is 11.3. The first-order valence-corrected chi connectivity index (χ1v) is 8.76. The van der Waals surface area contributed by atoms with Crippen LogP contribution < -0.4 is 10.0 Å². The first-order chi connectivity index (χ1) is 10.8. The lowest BCUT2D eigenvalue weighted by Gasteiger charge is -2.09. The molecule has 0 atom stereocenters. The minimum Gasteiger partial charge on any atom is -0.325 e. The van der Waals surface area contributed by atoms with Gasteiger partial charge < -0.3 is 5.32 Å². The molecule has 2 aromatic rings. The van der Waals surface area contributed by atoms with Gasteiger partial charge in [0.05, 0.1) is 11.4 Å². The maximum Gasteiger partial charge on any atom is 0.241 e. The molecule has 5 nitrogen and oxygen atoms in total. The summed E-state index contributed by atoms with van der Waals surface area (Å²) in [5, 5.41) is 3.12. The molecule has 0 aliphatic rings. The fourth-order valence-electron chi connectivity index (χ4n) is 1.84. The van der Waals surface area contributed by atoms with E-state index in [0.717, 1.165) is 11.1 Å². The molecule has 0 fully saturated rings. The SMILES string of the molecule is Cc1ccc(S(=O)(=O)NCC(=O)Nc2ccc(C)c(Cl)c2)cc1. The second-order valence-corrected chi connectivity index (χ2v) is 7.32. The van der Waals surface area contributed by atoms with E-state index in [9.17, 15) is 13.2 Å². The van der Waals surface area contributed by atoms with Crippen molar-refractivity contribution in [3.63, 3.8) is 0 Å². The number of aryl methyl sites for hydroxylation is 2. The number of nitrogens with one attached hydrogen (secondary N) is 2. The van der Waals surface area contributed by atoms with Crippen LogP contribution in [0.5, 0.6) is 0 Å². The van der Waals surface area contributed by atoms with Crippen molar-refractivity contribution < 1.29 is 13.2 Å². The number of carbonyl (C=O) groups excluding carboxylic acids is 1. The average molecular weight is 353 g/mol. The Morgan fingerprint density at radius 2 is 1.74 bits per heavy atom. The van der Waals surface area contributed by atoms with Crippen LogP contribution in [0.25, 0.3) is 0 Å². The molecule has 0 heterocycles. The summed E-state index contributed by atoms with van der Waals surface area (Å²) in [6.07, 6.45) is 0. The minimum absolute atomic E-state index is 0.120. The van der Waals surface area contributed by atoms with Crippen LogP contribution in [0.1, 0.15) is 11.1 Å². The number of sulfonamides is 1. The van der Waals surface area contributed by atoms with Gasteiger partial charge in [-0.2, -0.15) is 0 Å². The first kappa shape index (κ1) is 17.5. The highest BCUT2D eigenvalue weighted by Crippen LogP contribution is 2.19. The van der Waals surface area contributed by atoms with Gasteiger partial charge in [0, 0.05) is 10.7 Å². The van der Waals surface area contributed by atoms with E-state index in [1.54, 1.807) is 30.3 Å². The predicted molar refractivity (Wildman–Crippen MR) is 91.2 cm³/mol. The van der Waals surface area contributed by atoms with E-state index in [-0.39, 0.29) is 11.4 Å². The number of anilines is 1. The fraction of sp³-hybridized carbons (Fsp3) is 0.188. The van der Waals surface area contributed by atoms with E-state index in [2.05, 4.69) is 10.0 Å². The Labute approximate surface area is 140 Å². The van der Waals surface area contributed by atoms with Crippen molar-refractivity contribution in [1.29, 1.82) is 0 Å². The smallest absolute Gasteiger partial charge is 0.241 e. The lowest BCUT2D eigenvalue weighted by Crippen LogP contribution is -2.32. The summed E-state index contributed by atoms with van der Waals surface area (Å²) in [7, 11) is -3.72. The molecule has 2 N–H and O–H groups in total. The van der Waals surface area contributed by atoms with E-state index in [1.807, 2.05) is 13.8 Å². The maximum absolute atomic E-state index is 12.1. The van der Waals surface area contributed by atoms with Crippen LogP contribution >= 0.6 is 11.6 Å². The van der Waals surface area contributed by atoms with Crippen molar-refractivity contribution in [3.8, 4) is 0 Å². The molecule has 2 aromatic carbocycles. The Morgan fingerprint density at radius 1 is 1.09 bits per heavy atom. The Morgan fingerprint density at radius 3 is 2.35 bits per heavy atom. The number of hydrogen-bond acceptors (Lipinski definition) is 3. The fourth-order valence-corrected chi connectivity index (χ4v) is 3.00. The zero-order valence-electron chi connectivity index (χ0n) is 12.8. The monoisotopic (exact) mass is 352 g/mol. The largest absolute Gasteiger partial charge is 0.325 e. The van der Waals surface area contributed by atoms with Crippen LogP contribution in [0.3, 0.4) is 0 Å². The van der Waals surface area contributed by atoms with E-state index in [4.69, 9.17) is 11.6 Å². The number of hydrogen-bond donors (Lipinski definition) is 2. The van der Waals surface area contributed by atoms with Crippen LogP contribution in [-0.2, 0) is 14.8 Å². The van der Waals surface area contributed by atoms with Crippen molar-refractivity contribution in [2.75, 3.05) is 11.9 Å². The quantitative estimate of drug-likeness (QED) is 0.868. The van der Waals surface area contributed by atoms with Crippen LogP contribution in [0.2, 0.25) is 5.02 Å². The molecule has 0 saturated heterocycles. The zero-order chi connectivity index (χ0) is 17.0. The van der Waals surface area contributed by atoms with E-state index >= 15 is 0 Å². The van der Waals surface area contributed by atoms with E-state index in [0.29, 0.717) is 10.7 Å². The summed E-state index contributed by atoms with van der Waals surface area (Å²) in [5.41, 5.74) is 2.36. The van der Waals surface area contributed by atoms with Gasteiger partial charge in [-0.1, -0.05) is 35.4 Å². The first-order valence-electron chi connectivity index (χ1n) is 6.90.